The zero-order valence-electron chi connectivity index (χ0n) is 14.7. The molecule has 1 aliphatic rings. The van der Waals surface area contributed by atoms with Crippen molar-refractivity contribution in [1.29, 1.82) is 0 Å². The average Bonchev–Trinajstić information content (AvgIpc) is 2.60. The summed E-state index contributed by atoms with van der Waals surface area (Å²) in [6, 6.07) is 3.69. The maximum Gasteiger partial charge on any atom is 0.495 e. The van der Waals surface area contributed by atoms with E-state index in [9.17, 15) is 0 Å². The summed E-state index contributed by atoms with van der Waals surface area (Å²) in [5, 5.41) is 0.867. The van der Waals surface area contributed by atoms with Crippen LogP contribution in [0.4, 0.5) is 0 Å². The van der Waals surface area contributed by atoms with E-state index in [1.807, 2.05) is 19.1 Å². The standard InChI is InChI=1S/C18H27BCl2O3/c1-3-5-6-7-8-9-14-12-23-19(24-13-14)15-10-11-16(22-4-2)18(21)17(15)20/h10-11,14H,3-9,12-13H2,1-2H3. The highest BCUT2D eigenvalue weighted by atomic mass is 35.5. The van der Waals surface area contributed by atoms with Crippen LogP contribution in [0.3, 0.4) is 0 Å². The highest BCUT2D eigenvalue weighted by Crippen LogP contribution is 2.31. The molecule has 3 nitrogen and oxygen atoms in total. The summed E-state index contributed by atoms with van der Waals surface area (Å²) in [7, 11) is -0.443. The predicted octanol–water partition coefficient (Wildman–Crippen LogP) is 5.11. The van der Waals surface area contributed by atoms with Crippen LogP contribution in [0.15, 0.2) is 12.1 Å². The summed E-state index contributed by atoms with van der Waals surface area (Å²) in [6.45, 7) is 6.11. The van der Waals surface area contributed by atoms with Gasteiger partial charge in [-0.15, -0.1) is 0 Å². The molecule has 0 unspecified atom stereocenters. The molecule has 134 valence electrons. The minimum atomic E-state index is -0.443. The Morgan fingerprint density at radius 1 is 1.04 bits per heavy atom. The van der Waals surface area contributed by atoms with Crippen LogP contribution >= 0.6 is 23.2 Å². The Hall–Kier alpha value is -0.415. The number of halogens is 2. The number of unbranched alkanes of at least 4 members (excludes halogenated alkanes) is 4. The normalized spacial score (nSPS) is 15.8. The Bertz CT molecular complexity index is 505. The Labute approximate surface area is 156 Å². The second kappa shape index (κ2) is 10.5. The smallest absolute Gasteiger partial charge is 0.492 e. The first kappa shape index (κ1) is 19.9. The molecule has 0 radical (unpaired) electrons. The SMILES string of the molecule is CCCCCCCC1COB(c2ccc(OCC)c(Cl)c2Cl)OC1. The van der Waals surface area contributed by atoms with Gasteiger partial charge in [0.2, 0.25) is 0 Å². The molecule has 6 heteroatoms. The lowest BCUT2D eigenvalue weighted by Crippen LogP contribution is -2.44. The molecule has 0 bridgehead atoms. The topological polar surface area (TPSA) is 27.7 Å². The molecule has 0 spiro atoms. The Morgan fingerprint density at radius 3 is 2.42 bits per heavy atom. The predicted molar refractivity (Wildman–Crippen MR) is 102 cm³/mol. The summed E-state index contributed by atoms with van der Waals surface area (Å²) >= 11 is 12.6. The highest BCUT2D eigenvalue weighted by molar-refractivity contribution is 6.66. The Balaban J connectivity index is 1.83. The van der Waals surface area contributed by atoms with Crippen LogP contribution in [0.1, 0.15) is 52.4 Å². The van der Waals surface area contributed by atoms with Gasteiger partial charge >= 0.3 is 7.12 Å². The fraction of sp³-hybridized carbons (Fsp3) is 0.667. The van der Waals surface area contributed by atoms with Crippen LogP contribution in [-0.2, 0) is 9.31 Å². The summed E-state index contributed by atoms with van der Waals surface area (Å²) in [6.07, 6.45) is 7.65. The second-order valence-corrected chi connectivity index (χ2v) is 7.04. The molecular formula is C18H27BCl2O3. The lowest BCUT2D eigenvalue weighted by molar-refractivity contribution is 0.0810. The molecule has 1 heterocycles. The van der Waals surface area contributed by atoms with E-state index in [-0.39, 0.29) is 0 Å². The Morgan fingerprint density at radius 2 is 1.75 bits per heavy atom. The van der Waals surface area contributed by atoms with Crippen LogP contribution in [0, 0.1) is 5.92 Å². The minimum Gasteiger partial charge on any atom is -0.492 e. The number of rotatable bonds is 9. The molecule has 0 atom stereocenters. The first-order chi connectivity index (χ1) is 11.7. The van der Waals surface area contributed by atoms with Crippen molar-refractivity contribution in [2.24, 2.45) is 5.92 Å². The summed E-state index contributed by atoms with van der Waals surface area (Å²) in [5.74, 6) is 1.06. The van der Waals surface area contributed by atoms with Crippen molar-refractivity contribution < 1.29 is 14.0 Å². The fourth-order valence-electron chi connectivity index (χ4n) is 2.92. The summed E-state index contributed by atoms with van der Waals surface area (Å²) in [5.41, 5.74) is 0.770. The van der Waals surface area contributed by atoms with E-state index in [1.54, 1.807) is 0 Å². The summed E-state index contributed by atoms with van der Waals surface area (Å²) < 4.78 is 17.2. The third kappa shape index (κ3) is 5.55. The molecule has 0 aromatic heterocycles. The van der Waals surface area contributed by atoms with Gasteiger partial charge in [0.05, 0.1) is 11.6 Å². The number of benzene rings is 1. The maximum atomic E-state index is 6.36. The van der Waals surface area contributed by atoms with Gasteiger partial charge in [0, 0.05) is 24.6 Å². The molecule has 1 aromatic rings. The molecular weight excluding hydrogens is 346 g/mol. The third-order valence-electron chi connectivity index (χ3n) is 4.31. The molecule has 1 aromatic carbocycles. The van der Waals surface area contributed by atoms with Gasteiger partial charge in [-0.25, -0.2) is 0 Å². The van der Waals surface area contributed by atoms with Crippen LogP contribution in [0.5, 0.6) is 5.75 Å². The van der Waals surface area contributed by atoms with Gasteiger partial charge in [0.15, 0.2) is 0 Å². The maximum absolute atomic E-state index is 6.36. The van der Waals surface area contributed by atoms with Crippen molar-refractivity contribution in [1.82, 2.24) is 0 Å². The van der Waals surface area contributed by atoms with E-state index in [2.05, 4.69) is 6.92 Å². The van der Waals surface area contributed by atoms with Crippen molar-refractivity contribution in [2.45, 2.75) is 52.4 Å². The van der Waals surface area contributed by atoms with Gasteiger partial charge in [-0.1, -0.05) is 68.3 Å². The first-order valence-corrected chi connectivity index (χ1v) is 9.76. The van der Waals surface area contributed by atoms with Gasteiger partial charge in [0.25, 0.3) is 0 Å². The van der Waals surface area contributed by atoms with Crippen LogP contribution < -0.4 is 10.2 Å². The number of hydrogen-bond donors (Lipinski definition) is 0. The van der Waals surface area contributed by atoms with Crippen LogP contribution in [0.25, 0.3) is 0 Å². The van der Waals surface area contributed by atoms with E-state index in [0.717, 1.165) is 11.9 Å². The molecule has 1 saturated heterocycles. The summed E-state index contributed by atoms with van der Waals surface area (Å²) in [4.78, 5) is 0. The second-order valence-electron chi connectivity index (χ2n) is 6.28. The Kier molecular flexibility index (Phi) is 8.75. The zero-order chi connectivity index (χ0) is 17.4. The molecule has 0 N–H and O–H groups in total. The number of hydrogen-bond acceptors (Lipinski definition) is 3. The number of ether oxygens (including phenoxy) is 1. The van der Waals surface area contributed by atoms with E-state index >= 15 is 0 Å². The van der Waals surface area contributed by atoms with Crippen molar-refractivity contribution in [3.8, 4) is 5.75 Å². The molecule has 0 amide bonds. The zero-order valence-corrected chi connectivity index (χ0v) is 16.2. The van der Waals surface area contributed by atoms with Crippen LogP contribution in [0.2, 0.25) is 10.0 Å². The van der Waals surface area contributed by atoms with Crippen molar-refractivity contribution in [2.75, 3.05) is 19.8 Å². The van der Waals surface area contributed by atoms with Gasteiger partial charge < -0.3 is 14.0 Å². The quantitative estimate of drug-likeness (QED) is 0.445. The minimum absolute atomic E-state index is 0.418. The monoisotopic (exact) mass is 372 g/mol. The first-order valence-electron chi connectivity index (χ1n) is 9.01. The van der Waals surface area contributed by atoms with E-state index in [4.69, 9.17) is 37.2 Å². The van der Waals surface area contributed by atoms with Gasteiger partial charge in [-0.05, 0) is 19.4 Å². The van der Waals surface area contributed by atoms with Gasteiger partial charge in [-0.3, -0.25) is 0 Å². The average molecular weight is 373 g/mol. The van der Waals surface area contributed by atoms with Crippen molar-refractivity contribution in [3.05, 3.63) is 22.2 Å². The van der Waals surface area contributed by atoms with Gasteiger partial charge in [0.1, 0.15) is 10.8 Å². The van der Waals surface area contributed by atoms with E-state index in [1.165, 1.54) is 32.1 Å². The molecule has 0 saturated carbocycles. The molecule has 1 fully saturated rings. The molecule has 2 rings (SSSR count). The fourth-order valence-corrected chi connectivity index (χ4v) is 3.39. The van der Waals surface area contributed by atoms with Crippen molar-refractivity contribution >= 4 is 35.8 Å². The highest BCUT2D eigenvalue weighted by Gasteiger charge is 2.32. The third-order valence-corrected chi connectivity index (χ3v) is 5.19. The molecule has 0 aliphatic carbocycles. The molecule has 24 heavy (non-hydrogen) atoms. The van der Waals surface area contributed by atoms with Gasteiger partial charge in [-0.2, -0.15) is 0 Å². The van der Waals surface area contributed by atoms with E-state index < -0.39 is 7.12 Å². The largest absolute Gasteiger partial charge is 0.495 e. The lowest BCUT2D eigenvalue weighted by atomic mass is 9.77. The van der Waals surface area contributed by atoms with E-state index in [0.29, 0.717) is 41.5 Å². The van der Waals surface area contributed by atoms with Crippen LogP contribution in [-0.4, -0.2) is 26.9 Å². The van der Waals surface area contributed by atoms with Crippen molar-refractivity contribution in [3.63, 3.8) is 0 Å². The molecule has 1 aliphatic heterocycles. The lowest BCUT2D eigenvalue weighted by Gasteiger charge is -2.28.